The first-order valence-corrected chi connectivity index (χ1v) is 5.82. The molecule has 2 aliphatic rings. The Morgan fingerprint density at radius 2 is 2.12 bits per heavy atom. The van der Waals surface area contributed by atoms with Crippen molar-refractivity contribution in [1.29, 1.82) is 0 Å². The number of carboxylic acids is 1. The minimum Gasteiger partial charge on any atom is -0.480 e. The molecule has 1 amide bonds. The summed E-state index contributed by atoms with van der Waals surface area (Å²) in [7, 11) is 0. The predicted octanol–water partition coefficient (Wildman–Crippen LogP) is 0.631. The fraction of sp³-hybridized carbons (Fsp3) is 0.818. The Balaban J connectivity index is 1.90. The molecule has 2 atom stereocenters. The molecule has 5 heteroatoms. The second kappa shape index (κ2) is 4.82. The zero-order chi connectivity index (χ0) is 11.5. The van der Waals surface area contributed by atoms with Gasteiger partial charge in [-0.25, -0.2) is 4.79 Å². The van der Waals surface area contributed by atoms with Crippen LogP contribution in [0.15, 0.2) is 0 Å². The molecule has 0 aromatic heterocycles. The monoisotopic (exact) mass is 227 g/mol. The smallest absolute Gasteiger partial charge is 0.326 e. The van der Waals surface area contributed by atoms with Crippen molar-refractivity contribution in [2.24, 2.45) is 0 Å². The topological polar surface area (TPSA) is 66.8 Å². The third-order valence-electron chi connectivity index (χ3n) is 3.28. The Hall–Kier alpha value is -1.10. The van der Waals surface area contributed by atoms with E-state index in [-0.39, 0.29) is 12.0 Å². The third-order valence-corrected chi connectivity index (χ3v) is 3.28. The van der Waals surface area contributed by atoms with Crippen LogP contribution in [0.5, 0.6) is 0 Å². The van der Waals surface area contributed by atoms with Crippen molar-refractivity contribution < 1.29 is 19.4 Å². The molecule has 2 heterocycles. The molecule has 0 aromatic carbocycles. The van der Waals surface area contributed by atoms with Crippen molar-refractivity contribution in [1.82, 2.24) is 4.90 Å². The van der Waals surface area contributed by atoms with Crippen LogP contribution in [-0.4, -0.2) is 47.2 Å². The molecule has 2 saturated heterocycles. The molecule has 2 aliphatic heterocycles. The van der Waals surface area contributed by atoms with Crippen LogP contribution >= 0.6 is 0 Å². The maximum absolute atomic E-state index is 11.9. The van der Waals surface area contributed by atoms with Gasteiger partial charge in [-0.05, 0) is 25.7 Å². The second-order valence-corrected chi connectivity index (χ2v) is 4.42. The van der Waals surface area contributed by atoms with Crippen molar-refractivity contribution in [3.05, 3.63) is 0 Å². The van der Waals surface area contributed by atoms with Crippen LogP contribution in [-0.2, 0) is 14.3 Å². The molecule has 0 radical (unpaired) electrons. The van der Waals surface area contributed by atoms with Gasteiger partial charge < -0.3 is 14.7 Å². The van der Waals surface area contributed by atoms with Gasteiger partial charge in [0.2, 0.25) is 5.91 Å². The Labute approximate surface area is 94.4 Å². The van der Waals surface area contributed by atoms with Crippen LogP contribution in [0.25, 0.3) is 0 Å². The number of ether oxygens (including phenoxy) is 1. The number of nitrogens with zero attached hydrogens (tertiary/aromatic N) is 1. The quantitative estimate of drug-likeness (QED) is 0.768. The number of hydrogen-bond acceptors (Lipinski definition) is 3. The number of aliphatic carboxylic acids is 1. The third kappa shape index (κ3) is 2.35. The van der Waals surface area contributed by atoms with E-state index in [0.717, 1.165) is 25.9 Å². The van der Waals surface area contributed by atoms with E-state index in [9.17, 15) is 9.59 Å². The van der Waals surface area contributed by atoms with E-state index in [1.807, 2.05) is 0 Å². The van der Waals surface area contributed by atoms with Gasteiger partial charge in [-0.1, -0.05) is 0 Å². The Kier molecular flexibility index (Phi) is 3.43. The molecule has 1 N–H and O–H groups in total. The number of carbonyl (C=O) groups excluding carboxylic acids is 1. The average molecular weight is 227 g/mol. The van der Waals surface area contributed by atoms with Gasteiger partial charge in [0.15, 0.2) is 0 Å². The summed E-state index contributed by atoms with van der Waals surface area (Å²) in [6.45, 7) is 1.29. The average Bonchev–Trinajstić information content (AvgIpc) is 2.86. The molecular weight excluding hydrogens is 210 g/mol. The van der Waals surface area contributed by atoms with Crippen molar-refractivity contribution in [2.45, 2.75) is 44.2 Å². The second-order valence-electron chi connectivity index (χ2n) is 4.42. The fourth-order valence-corrected chi connectivity index (χ4v) is 2.44. The van der Waals surface area contributed by atoms with Crippen molar-refractivity contribution in [3.8, 4) is 0 Å². The van der Waals surface area contributed by atoms with Gasteiger partial charge >= 0.3 is 5.97 Å². The lowest BCUT2D eigenvalue weighted by atomic mass is 10.1. The highest BCUT2D eigenvalue weighted by molar-refractivity contribution is 5.84. The van der Waals surface area contributed by atoms with Crippen LogP contribution < -0.4 is 0 Å². The van der Waals surface area contributed by atoms with E-state index in [2.05, 4.69) is 0 Å². The summed E-state index contributed by atoms with van der Waals surface area (Å²) in [4.78, 5) is 24.3. The van der Waals surface area contributed by atoms with Crippen LogP contribution in [0, 0.1) is 0 Å². The number of rotatable bonds is 3. The summed E-state index contributed by atoms with van der Waals surface area (Å²) >= 11 is 0. The van der Waals surface area contributed by atoms with Gasteiger partial charge in [0.05, 0.1) is 12.5 Å². The first-order chi connectivity index (χ1) is 7.68. The zero-order valence-corrected chi connectivity index (χ0v) is 9.22. The molecule has 5 nitrogen and oxygen atoms in total. The molecule has 16 heavy (non-hydrogen) atoms. The highest BCUT2D eigenvalue weighted by Gasteiger charge is 2.35. The summed E-state index contributed by atoms with van der Waals surface area (Å²) < 4.78 is 5.38. The molecule has 90 valence electrons. The van der Waals surface area contributed by atoms with Gasteiger partial charge in [0, 0.05) is 13.2 Å². The van der Waals surface area contributed by atoms with E-state index in [0.29, 0.717) is 19.4 Å². The highest BCUT2D eigenvalue weighted by Crippen LogP contribution is 2.22. The molecule has 2 fully saturated rings. The van der Waals surface area contributed by atoms with Gasteiger partial charge in [-0.15, -0.1) is 0 Å². The first-order valence-electron chi connectivity index (χ1n) is 5.82. The van der Waals surface area contributed by atoms with Crippen LogP contribution in [0.2, 0.25) is 0 Å². The first kappa shape index (κ1) is 11.4. The van der Waals surface area contributed by atoms with E-state index >= 15 is 0 Å². The highest BCUT2D eigenvalue weighted by atomic mass is 16.5. The summed E-state index contributed by atoms with van der Waals surface area (Å²) in [6, 6.07) is -0.617. The number of likely N-dealkylation sites (tertiary alicyclic amines) is 1. The maximum atomic E-state index is 11.9. The van der Waals surface area contributed by atoms with E-state index in [1.165, 1.54) is 4.90 Å². The molecule has 0 spiro atoms. The number of carboxylic acid groups (broad SMARTS) is 1. The predicted molar refractivity (Wildman–Crippen MR) is 56.0 cm³/mol. The minimum atomic E-state index is -0.891. The summed E-state index contributed by atoms with van der Waals surface area (Å²) in [5.74, 6) is -0.963. The number of amides is 1. The SMILES string of the molecule is O=C(O)[C@H]1CCCN1C(=O)CC1CCCO1. The van der Waals surface area contributed by atoms with E-state index < -0.39 is 12.0 Å². The van der Waals surface area contributed by atoms with Crippen LogP contribution in [0.4, 0.5) is 0 Å². The zero-order valence-electron chi connectivity index (χ0n) is 9.22. The summed E-state index contributed by atoms with van der Waals surface area (Å²) in [6.07, 6.45) is 3.62. The molecule has 0 aromatic rings. The number of hydrogen-bond donors (Lipinski definition) is 1. The van der Waals surface area contributed by atoms with Gasteiger partial charge in [-0.2, -0.15) is 0 Å². The lowest BCUT2D eigenvalue weighted by Crippen LogP contribution is -2.41. The van der Waals surface area contributed by atoms with Gasteiger partial charge in [0.25, 0.3) is 0 Å². The Bertz CT molecular complexity index is 286. The molecule has 0 saturated carbocycles. The van der Waals surface area contributed by atoms with Crippen molar-refractivity contribution in [3.63, 3.8) is 0 Å². The Morgan fingerprint density at radius 1 is 1.31 bits per heavy atom. The molecular formula is C11H17NO4. The summed E-state index contributed by atoms with van der Waals surface area (Å²) in [5.41, 5.74) is 0. The fourth-order valence-electron chi connectivity index (χ4n) is 2.44. The van der Waals surface area contributed by atoms with E-state index in [1.54, 1.807) is 0 Å². The Morgan fingerprint density at radius 3 is 2.75 bits per heavy atom. The number of carbonyl (C=O) groups is 2. The van der Waals surface area contributed by atoms with Crippen molar-refractivity contribution >= 4 is 11.9 Å². The van der Waals surface area contributed by atoms with E-state index in [4.69, 9.17) is 9.84 Å². The largest absolute Gasteiger partial charge is 0.480 e. The maximum Gasteiger partial charge on any atom is 0.326 e. The molecule has 0 bridgehead atoms. The van der Waals surface area contributed by atoms with Gasteiger partial charge in [0.1, 0.15) is 6.04 Å². The lowest BCUT2D eigenvalue weighted by molar-refractivity contribution is -0.149. The standard InChI is InChI=1S/C11H17NO4/c13-10(7-8-3-2-6-16-8)12-5-1-4-9(12)11(14)15/h8-9H,1-7H2,(H,14,15)/t8?,9-/m1/s1. The normalized spacial score (nSPS) is 29.6. The van der Waals surface area contributed by atoms with Crippen LogP contribution in [0.1, 0.15) is 32.1 Å². The molecule has 0 aliphatic carbocycles. The van der Waals surface area contributed by atoms with Crippen molar-refractivity contribution in [2.75, 3.05) is 13.2 Å². The van der Waals surface area contributed by atoms with Crippen LogP contribution in [0.3, 0.4) is 0 Å². The minimum absolute atomic E-state index is 0.00236. The molecule has 2 rings (SSSR count). The molecule has 1 unspecified atom stereocenters. The lowest BCUT2D eigenvalue weighted by Gasteiger charge is -2.22. The summed E-state index contributed by atoms with van der Waals surface area (Å²) in [5, 5.41) is 8.97. The van der Waals surface area contributed by atoms with Gasteiger partial charge in [-0.3, -0.25) is 4.79 Å².